The van der Waals surface area contributed by atoms with Gasteiger partial charge >= 0.3 is 6.36 Å². The molecule has 0 spiro atoms. The second-order valence-corrected chi connectivity index (χ2v) is 3.65. The quantitative estimate of drug-likeness (QED) is 0.671. The maximum absolute atomic E-state index is 12.1. The molecule has 0 atom stereocenters. The molecule has 90 valence electrons. The van der Waals surface area contributed by atoms with Crippen LogP contribution in [-0.4, -0.2) is 23.6 Å². The van der Waals surface area contributed by atoms with Crippen LogP contribution in [0.4, 0.5) is 13.2 Å². The third-order valence-corrected chi connectivity index (χ3v) is 2.57. The largest absolute Gasteiger partial charge is 0.573 e. The van der Waals surface area contributed by atoms with E-state index in [1.54, 1.807) is 22.6 Å². The lowest BCUT2D eigenvalue weighted by Crippen LogP contribution is -2.19. The Morgan fingerprint density at radius 2 is 2.12 bits per heavy atom. The lowest BCUT2D eigenvalue weighted by Gasteiger charge is -2.15. The van der Waals surface area contributed by atoms with E-state index in [1.165, 1.54) is 7.11 Å². The molecule has 1 N–H and O–H groups in total. The summed E-state index contributed by atoms with van der Waals surface area (Å²) in [6, 6.07) is 0. The van der Waals surface area contributed by atoms with Crippen molar-refractivity contribution in [3.05, 3.63) is 15.5 Å². The van der Waals surface area contributed by atoms with E-state index in [2.05, 4.69) is 14.5 Å². The van der Waals surface area contributed by atoms with Crippen LogP contribution in [0.25, 0.3) is 0 Å². The molecule has 0 aromatic carbocycles. The van der Waals surface area contributed by atoms with Gasteiger partial charge in [0.25, 0.3) is 0 Å². The molecule has 0 bridgehead atoms. The van der Waals surface area contributed by atoms with Crippen LogP contribution >= 0.6 is 22.6 Å². The van der Waals surface area contributed by atoms with Crippen LogP contribution in [0.15, 0.2) is 6.20 Å². The summed E-state index contributed by atoms with van der Waals surface area (Å²) in [6.07, 6.45) is -3.75. The maximum Gasteiger partial charge on any atom is 0.573 e. The molecule has 1 aromatic heterocycles. The van der Waals surface area contributed by atoms with E-state index in [0.717, 1.165) is 6.20 Å². The second kappa shape index (κ2) is 5.04. The van der Waals surface area contributed by atoms with Crippen molar-refractivity contribution in [3.63, 3.8) is 0 Å². The number of halogens is 4. The van der Waals surface area contributed by atoms with Crippen LogP contribution in [0.2, 0.25) is 0 Å². The van der Waals surface area contributed by atoms with Crippen LogP contribution in [0.5, 0.6) is 11.5 Å². The highest BCUT2D eigenvalue weighted by atomic mass is 127. The Bertz CT molecular complexity index is 384. The molecule has 4 nitrogen and oxygen atoms in total. The molecule has 0 aliphatic rings. The molecule has 1 rings (SSSR count). The fraction of sp³-hybridized carbons (Fsp3) is 0.375. The minimum atomic E-state index is -4.85. The number of hydrogen-bond acceptors (Lipinski definition) is 4. The summed E-state index contributed by atoms with van der Waals surface area (Å²) in [4.78, 5) is 3.77. The highest BCUT2D eigenvalue weighted by molar-refractivity contribution is 14.1. The monoisotopic (exact) mass is 349 g/mol. The SMILES string of the molecule is COc1cnc(I)c(CO)c1OC(F)(F)F. The van der Waals surface area contributed by atoms with Crippen molar-refractivity contribution in [2.24, 2.45) is 0 Å². The molecule has 1 aromatic rings. The van der Waals surface area contributed by atoms with Crippen LogP contribution < -0.4 is 9.47 Å². The molecule has 0 saturated carbocycles. The summed E-state index contributed by atoms with van der Waals surface area (Å²) in [5, 5.41) is 8.97. The van der Waals surface area contributed by atoms with Gasteiger partial charge in [0.2, 0.25) is 0 Å². The zero-order chi connectivity index (χ0) is 12.3. The number of hydrogen-bond donors (Lipinski definition) is 1. The van der Waals surface area contributed by atoms with Gasteiger partial charge in [-0.05, 0) is 22.6 Å². The predicted molar refractivity (Wildman–Crippen MR) is 56.1 cm³/mol. The van der Waals surface area contributed by atoms with Gasteiger partial charge in [-0.3, -0.25) is 0 Å². The molecule has 0 amide bonds. The summed E-state index contributed by atoms with van der Waals surface area (Å²) in [5.74, 6) is -0.737. The topological polar surface area (TPSA) is 51.6 Å². The Labute approximate surface area is 103 Å². The van der Waals surface area contributed by atoms with E-state index in [-0.39, 0.29) is 15.0 Å². The van der Waals surface area contributed by atoms with Crippen molar-refractivity contribution < 1.29 is 27.8 Å². The third kappa shape index (κ3) is 3.11. The van der Waals surface area contributed by atoms with Gasteiger partial charge in [0.15, 0.2) is 11.5 Å². The van der Waals surface area contributed by atoms with Gasteiger partial charge in [0.05, 0.1) is 25.5 Å². The number of rotatable bonds is 3. The number of aliphatic hydroxyl groups excluding tert-OH is 1. The maximum atomic E-state index is 12.1. The average Bonchev–Trinajstić information content (AvgIpc) is 2.16. The molecule has 1 heterocycles. The summed E-state index contributed by atoms with van der Waals surface area (Å²) in [7, 11) is 1.19. The Morgan fingerprint density at radius 1 is 1.50 bits per heavy atom. The van der Waals surface area contributed by atoms with Crippen LogP contribution in [0, 0.1) is 3.70 Å². The van der Waals surface area contributed by atoms with Crippen molar-refractivity contribution in [1.29, 1.82) is 0 Å². The smallest absolute Gasteiger partial charge is 0.491 e. The van der Waals surface area contributed by atoms with Crippen molar-refractivity contribution in [2.75, 3.05) is 7.11 Å². The van der Waals surface area contributed by atoms with Gasteiger partial charge in [0.1, 0.15) is 3.70 Å². The summed E-state index contributed by atoms with van der Waals surface area (Å²) in [5.41, 5.74) is -0.0581. The van der Waals surface area contributed by atoms with E-state index in [4.69, 9.17) is 5.11 Å². The standard InChI is InChI=1S/C8H7F3INO3/c1-15-5-2-13-7(12)4(3-14)6(5)16-8(9,10)11/h2,14H,3H2,1H3. The highest BCUT2D eigenvalue weighted by Crippen LogP contribution is 2.36. The van der Waals surface area contributed by atoms with Gasteiger partial charge in [-0.15, -0.1) is 13.2 Å². The number of pyridine rings is 1. The zero-order valence-electron chi connectivity index (χ0n) is 8.01. The highest BCUT2D eigenvalue weighted by Gasteiger charge is 2.34. The molecule has 0 saturated heterocycles. The van der Waals surface area contributed by atoms with Gasteiger partial charge < -0.3 is 14.6 Å². The Balaban J connectivity index is 3.25. The molecular formula is C8H7F3INO3. The number of nitrogens with zero attached hydrogens (tertiary/aromatic N) is 1. The van der Waals surface area contributed by atoms with Crippen LogP contribution in [0.1, 0.15) is 5.56 Å². The molecule has 8 heteroatoms. The van der Waals surface area contributed by atoms with E-state index in [1.807, 2.05) is 0 Å². The zero-order valence-corrected chi connectivity index (χ0v) is 10.2. The van der Waals surface area contributed by atoms with Gasteiger partial charge in [0, 0.05) is 0 Å². The molecule has 0 aliphatic heterocycles. The first-order valence-electron chi connectivity index (χ1n) is 3.97. The Morgan fingerprint density at radius 3 is 2.56 bits per heavy atom. The van der Waals surface area contributed by atoms with Crippen molar-refractivity contribution in [1.82, 2.24) is 4.98 Å². The van der Waals surface area contributed by atoms with Crippen LogP contribution in [-0.2, 0) is 6.61 Å². The Kier molecular flexibility index (Phi) is 4.19. The second-order valence-electron chi connectivity index (χ2n) is 2.63. The van der Waals surface area contributed by atoms with Gasteiger partial charge in [-0.1, -0.05) is 0 Å². The van der Waals surface area contributed by atoms with Crippen molar-refractivity contribution in [3.8, 4) is 11.5 Å². The van der Waals surface area contributed by atoms with Gasteiger partial charge in [-0.2, -0.15) is 0 Å². The van der Waals surface area contributed by atoms with E-state index >= 15 is 0 Å². The van der Waals surface area contributed by atoms with E-state index < -0.39 is 18.7 Å². The molecular weight excluding hydrogens is 342 g/mol. The van der Waals surface area contributed by atoms with Gasteiger partial charge in [-0.25, -0.2) is 4.98 Å². The molecule has 0 unspecified atom stereocenters. The minimum Gasteiger partial charge on any atom is -0.491 e. The number of aliphatic hydroxyl groups is 1. The summed E-state index contributed by atoms with van der Waals surface area (Å²) < 4.78 is 45.1. The first-order valence-corrected chi connectivity index (χ1v) is 5.05. The summed E-state index contributed by atoms with van der Waals surface area (Å²) >= 11 is 1.70. The summed E-state index contributed by atoms with van der Waals surface area (Å²) in [6.45, 7) is -0.617. The number of ether oxygens (including phenoxy) is 2. The molecule has 0 radical (unpaired) electrons. The third-order valence-electron chi connectivity index (χ3n) is 1.64. The van der Waals surface area contributed by atoms with E-state index in [9.17, 15) is 13.2 Å². The lowest BCUT2D eigenvalue weighted by molar-refractivity contribution is -0.275. The number of methoxy groups -OCH3 is 1. The predicted octanol–water partition coefficient (Wildman–Crippen LogP) is 2.09. The molecule has 0 aliphatic carbocycles. The molecule has 0 fully saturated rings. The number of aromatic nitrogens is 1. The average molecular weight is 349 g/mol. The van der Waals surface area contributed by atoms with Crippen LogP contribution in [0.3, 0.4) is 0 Å². The number of alkyl halides is 3. The fourth-order valence-corrected chi connectivity index (χ4v) is 1.56. The van der Waals surface area contributed by atoms with Crippen molar-refractivity contribution in [2.45, 2.75) is 13.0 Å². The Hall–Kier alpha value is -0.770. The van der Waals surface area contributed by atoms with Crippen molar-refractivity contribution >= 4 is 22.6 Å². The first kappa shape index (κ1) is 13.3. The minimum absolute atomic E-state index is 0.0581. The fourth-order valence-electron chi connectivity index (χ4n) is 1.00. The van der Waals surface area contributed by atoms with E-state index in [0.29, 0.717) is 0 Å². The normalized spacial score (nSPS) is 11.4. The first-order chi connectivity index (χ1) is 7.39. The molecule has 16 heavy (non-hydrogen) atoms. The lowest BCUT2D eigenvalue weighted by atomic mass is 10.2.